The number of methoxy groups -OCH3 is 1. The highest BCUT2D eigenvalue weighted by Gasteiger charge is 2.18. The van der Waals surface area contributed by atoms with E-state index in [1.54, 1.807) is 29.8 Å². The minimum Gasteiger partial charge on any atom is -0.386 e. The van der Waals surface area contributed by atoms with Crippen molar-refractivity contribution in [3.63, 3.8) is 0 Å². The van der Waals surface area contributed by atoms with Gasteiger partial charge in [0.2, 0.25) is 0 Å². The fraction of sp³-hybridized carbons (Fsp3) is 0.727. The number of thioether (sulfide) groups is 1. The van der Waals surface area contributed by atoms with Gasteiger partial charge in [0, 0.05) is 12.9 Å². The van der Waals surface area contributed by atoms with Crippen molar-refractivity contribution in [2.45, 2.75) is 31.7 Å². The van der Waals surface area contributed by atoms with Crippen molar-refractivity contribution < 1.29 is 9.84 Å². The van der Waals surface area contributed by atoms with Gasteiger partial charge >= 0.3 is 0 Å². The Kier molecular flexibility index (Phi) is 6.33. The zero-order chi connectivity index (χ0) is 12.8. The molecular weight excluding hydrogens is 260 g/mol. The molecule has 0 saturated carbocycles. The smallest absolute Gasteiger partial charge is 0.106 e. The fourth-order valence-corrected chi connectivity index (χ4v) is 2.41. The highest BCUT2D eigenvalue weighted by molar-refractivity contribution is 7.99. The van der Waals surface area contributed by atoms with E-state index < -0.39 is 6.10 Å². The summed E-state index contributed by atoms with van der Waals surface area (Å²) in [5, 5.41) is 15.2. The van der Waals surface area contributed by atoms with E-state index in [0.717, 1.165) is 0 Å². The molecule has 1 atom stereocenters. The van der Waals surface area contributed by atoms with Gasteiger partial charge in [0.25, 0.3) is 0 Å². The molecule has 0 aliphatic carbocycles. The summed E-state index contributed by atoms with van der Waals surface area (Å²) >= 11 is 7.74. The Hall–Kier alpha value is -0.230. The Morgan fingerprint density at radius 1 is 1.59 bits per heavy atom. The van der Waals surface area contributed by atoms with Crippen LogP contribution in [0.3, 0.4) is 0 Å². The van der Waals surface area contributed by atoms with E-state index in [1.165, 1.54) is 0 Å². The summed E-state index contributed by atoms with van der Waals surface area (Å²) in [6, 6.07) is 0. The first kappa shape index (κ1) is 14.8. The molecule has 1 heterocycles. The van der Waals surface area contributed by atoms with Gasteiger partial charge in [-0.1, -0.05) is 25.4 Å². The SMILES string of the molecule is COCCn1ncc(Cl)c1C(O)CSC(C)C. The molecule has 1 unspecified atom stereocenters. The third kappa shape index (κ3) is 4.50. The van der Waals surface area contributed by atoms with Gasteiger partial charge in [-0.25, -0.2) is 0 Å². The van der Waals surface area contributed by atoms with Gasteiger partial charge in [-0.3, -0.25) is 4.68 Å². The van der Waals surface area contributed by atoms with Crippen LogP contribution in [0.4, 0.5) is 0 Å². The number of hydrogen-bond donors (Lipinski definition) is 1. The van der Waals surface area contributed by atoms with E-state index >= 15 is 0 Å². The van der Waals surface area contributed by atoms with E-state index in [0.29, 0.717) is 34.9 Å². The topological polar surface area (TPSA) is 47.3 Å². The van der Waals surface area contributed by atoms with Crippen molar-refractivity contribution >= 4 is 23.4 Å². The molecule has 0 aromatic carbocycles. The van der Waals surface area contributed by atoms with E-state index in [4.69, 9.17) is 16.3 Å². The number of aliphatic hydroxyl groups excluding tert-OH is 1. The molecule has 1 N–H and O–H groups in total. The van der Waals surface area contributed by atoms with Crippen molar-refractivity contribution in [1.82, 2.24) is 9.78 Å². The van der Waals surface area contributed by atoms with Gasteiger partial charge in [-0.2, -0.15) is 16.9 Å². The molecule has 0 aliphatic heterocycles. The average molecular weight is 279 g/mol. The molecule has 0 fully saturated rings. The molecule has 0 aliphatic rings. The van der Waals surface area contributed by atoms with Crippen molar-refractivity contribution in [2.75, 3.05) is 19.5 Å². The lowest BCUT2D eigenvalue weighted by molar-refractivity contribution is 0.166. The van der Waals surface area contributed by atoms with Crippen molar-refractivity contribution in [2.24, 2.45) is 0 Å². The van der Waals surface area contributed by atoms with Gasteiger partial charge in [-0.05, 0) is 5.25 Å². The third-order valence-corrected chi connectivity index (χ3v) is 3.71. The minimum absolute atomic E-state index is 0.485. The number of nitrogens with zero attached hydrogens (tertiary/aromatic N) is 2. The first-order valence-corrected chi connectivity index (χ1v) is 6.98. The molecule has 1 aromatic rings. The van der Waals surface area contributed by atoms with Crippen LogP contribution >= 0.6 is 23.4 Å². The maximum absolute atomic E-state index is 10.1. The Morgan fingerprint density at radius 2 is 2.29 bits per heavy atom. The van der Waals surface area contributed by atoms with Gasteiger partial charge < -0.3 is 9.84 Å². The van der Waals surface area contributed by atoms with Crippen LogP contribution in [0, 0.1) is 0 Å². The van der Waals surface area contributed by atoms with E-state index in [9.17, 15) is 5.11 Å². The highest BCUT2D eigenvalue weighted by atomic mass is 35.5. The zero-order valence-corrected chi connectivity index (χ0v) is 12.0. The third-order valence-electron chi connectivity index (χ3n) is 2.24. The molecule has 98 valence electrons. The molecule has 1 rings (SSSR count). The summed E-state index contributed by atoms with van der Waals surface area (Å²) in [5.74, 6) is 0.621. The number of aliphatic hydroxyl groups is 1. The largest absolute Gasteiger partial charge is 0.386 e. The quantitative estimate of drug-likeness (QED) is 0.832. The van der Waals surface area contributed by atoms with Crippen LogP contribution < -0.4 is 0 Å². The summed E-state index contributed by atoms with van der Waals surface area (Å²) in [6.07, 6.45) is 0.977. The maximum Gasteiger partial charge on any atom is 0.106 e. The summed E-state index contributed by atoms with van der Waals surface area (Å²) in [4.78, 5) is 0. The summed E-state index contributed by atoms with van der Waals surface area (Å²) in [6.45, 7) is 5.35. The van der Waals surface area contributed by atoms with Crippen LogP contribution in [0.2, 0.25) is 5.02 Å². The van der Waals surface area contributed by atoms with Gasteiger partial charge in [-0.15, -0.1) is 0 Å². The molecule has 0 radical (unpaired) electrons. The Bertz CT molecular complexity index is 344. The Labute approximate surface area is 111 Å². The molecule has 0 bridgehead atoms. The average Bonchev–Trinajstić information content (AvgIpc) is 2.64. The van der Waals surface area contributed by atoms with Gasteiger partial charge in [0.15, 0.2) is 0 Å². The highest BCUT2D eigenvalue weighted by Crippen LogP contribution is 2.26. The predicted octanol–water partition coefficient (Wildman–Crippen LogP) is 2.36. The summed E-state index contributed by atoms with van der Waals surface area (Å²) < 4.78 is 6.70. The van der Waals surface area contributed by atoms with Crippen LogP contribution in [0.1, 0.15) is 25.6 Å². The number of rotatable bonds is 7. The number of halogens is 1. The first-order chi connectivity index (χ1) is 8.06. The monoisotopic (exact) mass is 278 g/mol. The van der Waals surface area contributed by atoms with Crippen LogP contribution in [-0.4, -0.2) is 39.6 Å². The molecular formula is C11H19ClN2O2S. The Balaban J connectivity index is 2.69. The molecule has 6 heteroatoms. The minimum atomic E-state index is -0.589. The van der Waals surface area contributed by atoms with Crippen molar-refractivity contribution in [3.05, 3.63) is 16.9 Å². The van der Waals surface area contributed by atoms with Crippen LogP contribution in [0.25, 0.3) is 0 Å². The number of aromatic nitrogens is 2. The normalized spacial score (nSPS) is 13.3. The molecule has 1 aromatic heterocycles. The molecule has 0 saturated heterocycles. The first-order valence-electron chi connectivity index (χ1n) is 5.56. The summed E-state index contributed by atoms with van der Waals surface area (Å²) in [7, 11) is 1.63. The van der Waals surface area contributed by atoms with Crippen LogP contribution in [-0.2, 0) is 11.3 Å². The lowest BCUT2D eigenvalue weighted by Gasteiger charge is -2.14. The van der Waals surface area contributed by atoms with Gasteiger partial charge in [0.05, 0.1) is 30.1 Å². The lowest BCUT2D eigenvalue weighted by Crippen LogP contribution is -2.14. The van der Waals surface area contributed by atoms with E-state index in [-0.39, 0.29) is 0 Å². The standard InChI is InChI=1S/C11H19ClN2O2S/c1-8(2)17-7-10(15)11-9(12)6-13-14(11)4-5-16-3/h6,8,10,15H,4-5,7H2,1-3H3. The molecule has 4 nitrogen and oxygen atoms in total. The molecule has 0 spiro atoms. The van der Waals surface area contributed by atoms with Gasteiger partial charge in [0.1, 0.15) is 6.10 Å². The summed E-state index contributed by atoms with van der Waals surface area (Å²) in [5.41, 5.74) is 0.678. The second-order valence-electron chi connectivity index (χ2n) is 3.99. The molecule has 17 heavy (non-hydrogen) atoms. The van der Waals surface area contributed by atoms with E-state index in [1.807, 2.05) is 0 Å². The molecule has 0 amide bonds. The van der Waals surface area contributed by atoms with Crippen LogP contribution in [0.5, 0.6) is 0 Å². The van der Waals surface area contributed by atoms with Crippen LogP contribution in [0.15, 0.2) is 6.20 Å². The number of ether oxygens (including phenoxy) is 1. The van der Waals surface area contributed by atoms with Crippen molar-refractivity contribution in [3.8, 4) is 0 Å². The maximum atomic E-state index is 10.1. The zero-order valence-electron chi connectivity index (χ0n) is 10.4. The second-order valence-corrected chi connectivity index (χ2v) is 6.01. The second kappa shape index (κ2) is 7.26. The van der Waals surface area contributed by atoms with Crippen molar-refractivity contribution in [1.29, 1.82) is 0 Å². The predicted molar refractivity (Wildman–Crippen MR) is 71.7 cm³/mol. The van der Waals surface area contributed by atoms with E-state index in [2.05, 4.69) is 18.9 Å². The lowest BCUT2D eigenvalue weighted by atomic mass is 10.3. The number of hydrogen-bond acceptors (Lipinski definition) is 4. The Morgan fingerprint density at radius 3 is 2.88 bits per heavy atom. The fourth-order valence-electron chi connectivity index (χ4n) is 1.42.